The number of carboxylic acids is 2. The molecule has 0 fully saturated rings. The molecule has 16 N–H and O–H groups in total. The van der Waals surface area contributed by atoms with Crippen LogP contribution >= 0.6 is 15.9 Å². The Balaban J connectivity index is 0.000000849. The number of benzene rings is 9. The Labute approximate surface area is 854 Å². The number of carbonyl (C=O) groups is 14. The average Bonchev–Trinajstić information content (AvgIpc) is 1.65. The number of hydrogen-bond acceptors (Lipinski definition) is 32. The second-order valence-corrected chi connectivity index (χ2v) is 28.5. The molecule has 0 aliphatic rings. The molecule has 0 saturated carbocycles. The van der Waals surface area contributed by atoms with Gasteiger partial charge >= 0.3 is 35.9 Å². The van der Waals surface area contributed by atoms with Crippen molar-refractivity contribution in [1.82, 2.24) is 10.3 Å². The van der Waals surface area contributed by atoms with Crippen molar-refractivity contribution < 1.29 is 256 Å². The first kappa shape index (κ1) is 125. The summed E-state index contributed by atoms with van der Waals surface area (Å²) in [4.78, 5) is 163. The van der Waals surface area contributed by atoms with Gasteiger partial charge in [-0.1, -0.05) is 115 Å². The SMILES string of the molecule is CC(C)(C)OC(=O)NC(COC(=O)c1ccccc1)C(=O)O.NC(=O)c1c(F)ccc(OC(CO)C(=O)OCC(=O)c2ccccc2)c1F.NC(=O)c1c(F)ccc(OC(CO)C(=O)[O-])c1F.NC(=O)c1c(F)ccc(OC(CO)c2nc(-c3ccccc3)c(Br)o2)c1F.NC(=O)c1c(F)ccc(OC(COC(=O)c2ccccc2)C(=O)CO)c1F.O=C(OCC(O)C(=O)CO)c1ccccc1.[CH3-].[CH3-].[Y].[Y]. The molecule has 38 nitrogen and oxygen atoms in total. The van der Waals surface area contributed by atoms with Crippen molar-refractivity contribution in [3.63, 3.8) is 0 Å². The molecule has 1 aromatic heterocycles. The number of carbonyl (C=O) groups excluding carboxylic acids is 13. The molecule has 49 heteroatoms. The van der Waals surface area contributed by atoms with E-state index in [4.69, 9.17) is 90.8 Å². The van der Waals surface area contributed by atoms with Crippen LogP contribution < -0.4 is 52.3 Å². The summed E-state index contributed by atoms with van der Waals surface area (Å²) < 4.78 is 160. The Morgan fingerprint density at radius 2 is 0.773 bits per heavy atom. The molecule has 10 rings (SSSR count). The zero-order chi connectivity index (χ0) is 102. The fourth-order valence-corrected chi connectivity index (χ4v) is 10.7. The van der Waals surface area contributed by atoms with Gasteiger partial charge in [-0.3, -0.25) is 33.6 Å². The summed E-state index contributed by atoms with van der Waals surface area (Å²) >= 11 is 3.24. The molecule has 0 aliphatic heterocycles. The second kappa shape index (κ2) is 62.3. The van der Waals surface area contributed by atoms with Gasteiger partial charge in [-0.05, 0) is 122 Å². The number of Topliss-reactive ketones (excluding diaryl/α,β-unsaturated/α-hetero) is 3. The predicted molar refractivity (Wildman–Crippen MR) is 468 cm³/mol. The Hall–Kier alpha value is -13.7. The molecule has 0 aliphatic carbocycles. The number of nitrogens with one attached hydrogen (secondary N) is 1. The maximum Gasteiger partial charge on any atom is 0.408 e. The molecule has 5 amide bonds. The maximum absolute atomic E-state index is 14.3. The van der Waals surface area contributed by atoms with Gasteiger partial charge < -0.3 is 136 Å². The van der Waals surface area contributed by atoms with E-state index in [1.807, 2.05) is 18.2 Å². The van der Waals surface area contributed by atoms with Crippen LogP contribution in [0.25, 0.3) is 11.3 Å². The number of halogens is 9. The smallest absolute Gasteiger partial charge is 0.408 e. The van der Waals surface area contributed by atoms with Crippen molar-refractivity contribution in [1.29, 1.82) is 0 Å². The molecule has 0 spiro atoms. The average molecular weight is 2200 g/mol. The van der Waals surface area contributed by atoms with Crippen LogP contribution in [0.3, 0.4) is 0 Å². The zero-order valence-corrected chi connectivity index (χ0v) is 81.8. The summed E-state index contributed by atoms with van der Waals surface area (Å²) in [7, 11) is 0. The van der Waals surface area contributed by atoms with E-state index in [1.165, 1.54) is 24.3 Å². The topological polar surface area (TPSA) is 629 Å². The summed E-state index contributed by atoms with van der Waals surface area (Å²) in [6.07, 6.45) is -8.68. The Morgan fingerprint density at radius 1 is 0.440 bits per heavy atom. The third-order valence-electron chi connectivity index (χ3n) is 16.9. The zero-order valence-electron chi connectivity index (χ0n) is 74.5. The third kappa shape index (κ3) is 39.8. The van der Waals surface area contributed by atoms with Gasteiger partial charge in [0.1, 0.15) is 96.0 Å². The number of aliphatic hydroxyl groups excluding tert-OH is 6. The van der Waals surface area contributed by atoms with Gasteiger partial charge in [0.15, 0.2) is 93.5 Å². The molecule has 0 bridgehead atoms. The van der Waals surface area contributed by atoms with Crippen molar-refractivity contribution in [2.24, 2.45) is 22.9 Å². The van der Waals surface area contributed by atoms with E-state index in [0.29, 0.717) is 33.1 Å². The number of aromatic nitrogens is 1. The Kier molecular flexibility index (Phi) is 55.4. The van der Waals surface area contributed by atoms with Crippen LogP contribution in [0.4, 0.5) is 39.9 Å². The molecule has 9 aromatic carbocycles. The van der Waals surface area contributed by atoms with Crippen molar-refractivity contribution in [3.8, 4) is 34.3 Å². The predicted octanol–water partition coefficient (Wildman–Crippen LogP) is 7.09. The molecule has 10 aromatic rings. The van der Waals surface area contributed by atoms with E-state index in [0.717, 1.165) is 48.0 Å². The fraction of sp³-hybridized carbons (Fsp3) is 0.207. The molecule has 141 heavy (non-hydrogen) atoms. The quantitative estimate of drug-likeness (QED) is 0.00607. The van der Waals surface area contributed by atoms with Crippen LogP contribution in [-0.4, -0.2) is 219 Å². The first-order valence-electron chi connectivity index (χ1n) is 39.0. The molecule has 0 saturated heterocycles. The van der Waals surface area contributed by atoms with Gasteiger partial charge in [-0.15, -0.1) is 0 Å². The van der Waals surface area contributed by atoms with E-state index < -0.39 is 276 Å². The molecule has 6 atom stereocenters. The number of ketones is 3. The molecule has 6 unspecified atom stereocenters. The minimum Gasteiger partial charge on any atom is -0.546 e. The summed E-state index contributed by atoms with van der Waals surface area (Å²) in [6, 6.07) is 46.3. The van der Waals surface area contributed by atoms with Crippen molar-refractivity contribution in [2.75, 3.05) is 59.5 Å². The monoisotopic (exact) mass is 2200 g/mol. The minimum absolute atomic E-state index is 0. The number of oxazole rings is 1. The van der Waals surface area contributed by atoms with Gasteiger partial charge in [-0.2, -0.15) is 0 Å². The van der Waals surface area contributed by atoms with E-state index in [2.05, 4.69) is 31.0 Å². The number of primary amides is 4. The number of amides is 5. The molecular weight excluding hydrogens is 2110 g/mol. The number of nitrogens with two attached hydrogens (primary N) is 4. The van der Waals surface area contributed by atoms with E-state index >= 15 is 0 Å². The number of aliphatic carboxylic acids is 2. The molecule has 1 heterocycles. The van der Waals surface area contributed by atoms with Gasteiger partial charge in [0, 0.05) is 76.5 Å². The Morgan fingerprint density at radius 3 is 1.11 bits per heavy atom. The summed E-state index contributed by atoms with van der Waals surface area (Å²) in [5, 5.41) is 75.7. The molecular formula is C92H88BrF8N6O32Y2-3. The van der Waals surface area contributed by atoms with Crippen molar-refractivity contribution in [2.45, 2.75) is 62.9 Å². The van der Waals surface area contributed by atoms with Crippen molar-refractivity contribution in [3.05, 3.63) is 317 Å². The first-order chi connectivity index (χ1) is 64.8. The van der Waals surface area contributed by atoms with Crippen LogP contribution in [-0.2, 0) is 113 Å². The minimum atomic E-state index is -1.84. The number of nitrogens with zero attached hydrogens (tertiary/aromatic N) is 1. The number of alkyl carbamates (subject to hydrolysis) is 1. The van der Waals surface area contributed by atoms with Crippen LogP contribution in [0.2, 0.25) is 0 Å². The van der Waals surface area contributed by atoms with E-state index in [-0.39, 0.29) is 91.7 Å². The standard InChI is InChI=1S/C18H13BrF2N2O4.2C18H15F2NO6.C15H19NO6.C11H12O5.C10H9F2NO5.2CH3.2Y/c19-16-15(9-4-2-1-3-5-9)23-18(27-16)12(8-24)26-11-7-6-10(20)13(14(11)21)17(22)25;19-11-6-7-13(16(20)15(11)17(21)24)27-14(8-22)18(25)26-9-12(23)10-4-2-1-3-5-10;19-11-6-7-13(16(20)15(11)17(21)24)27-14(12(23)8-22)9-26-18(25)10-4-2-1-3-5-10;1-15(2,3)22-14(20)16-11(12(17)18)9-21-13(19)10-7-5-4-6-8-10;12-6-9(13)10(14)7-16-11(15)8-4-2-1-3-5-8;11-4-1-2-5(8(12)7(4)9(13)15)18-6(3-14)10(16)17;;;;/h1-7,12,24H,8H2,(H2,22,25);2*1-7,14,22H,8-9H2,(H2,21,24);4-8,11H,9H2,1-3H3,(H,16,20)(H,17,18);1-5,10,12,14H,6-7H2;1-2,6,14H,3H2,(H2,13,15)(H,16,17);2*1H3;;/q;;;;;;2*-1;;/p-1. The second-order valence-electron chi connectivity index (χ2n) is 27.8. The number of ether oxygens (including phenoxy) is 9. The maximum atomic E-state index is 14.3. The molecule has 2 radical (unpaired) electrons. The summed E-state index contributed by atoms with van der Waals surface area (Å²) in [5.74, 6) is -26.7. The number of carboxylic acid groups (broad SMARTS) is 2. The first-order valence-corrected chi connectivity index (χ1v) is 39.7. The number of aliphatic hydroxyl groups is 6. The van der Waals surface area contributed by atoms with Gasteiger partial charge in [-0.25, -0.2) is 68.9 Å². The fourth-order valence-electron chi connectivity index (χ4n) is 10.2. The number of hydrogen-bond donors (Lipinski definition) is 12. The molecule has 750 valence electrons. The van der Waals surface area contributed by atoms with E-state index in [1.54, 1.807) is 130 Å². The Bertz CT molecular complexity index is 5890. The normalized spacial score (nSPS) is 11.5. The van der Waals surface area contributed by atoms with Gasteiger partial charge in [0.2, 0.25) is 17.8 Å². The number of rotatable bonds is 37. The van der Waals surface area contributed by atoms with E-state index in [9.17, 15) is 118 Å². The van der Waals surface area contributed by atoms with Crippen LogP contribution in [0.1, 0.15) is 116 Å². The van der Waals surface area contributed by atoms with Crippen molar-refractivity contribution >= 4 is 98.8 Å². The number of esters is 4. The van der Waals surface area contributed by atoms with Crippen LogP contribution in [0, 0.1) is 61.4 Å². The van der Waals surface area contributed by atoms with Gasteiger partial charge in [0.05, 0.1) is 42.5 Å². The van der Waals surface area contributed by atoms with Crippen LogP contribution in [0.15, 0.2) is 209 Å². The summed E-state index contributed by atoms with van der Waals surface area (Å²) in [6.45, 7) is -1.51. The van der Waals surface area contributed by atoms with Gasteiger partial charge in [0.25, 0.3) is 23.6 Å². The third-order valence-corrected chi connectivity index (χ3v) is 17.4. The van der Waals surface area contributed by atoms with Crippen LogP contribution in [0.5, 0.6) is 23.0 Å². The summed E-state index contributed by atoms with van der Waals surface area (Å²) in [5.41, 5.74) is 17.1. The largest absolute Gasteiger partial charge is 0.546 e.